The summed E-state index contributed by atoms with van der Waals surface area (Å²) >= 11 is 0. The number of aryl methyl sites for hydroxylation is 3. The number of fused-ring (bicyclic) bond motifs is 1. The molecule has 7 nitrogen and oxygen atoms in total. The Bertz CT molecular complexity index is 1390. The van der Waals surface area contributed by atoms with Crippen molar-refractivity contribution in [2.24, 2.45) is 0 Å². The van der Waals surface area contributed by atoms with Crippen LogP contribution >= 0.6 is 0 Å². The number of nitrogens with zero attached hydrogens (tertiary/aromatic N) is 5. The molecule has 0 radical (unpaired) electrons. The maximum atomic E-state index is 13.5. The fourth-order valence-electron chi connectivity index (χ4n) is 4.96. The monoisotopic (exact) mass is 469 g/mol. The number of benzene rings is 2. The van der Waals surface area contributed by atoms with Gasteiger partial charge in [-0.15, -0.1) is 0 Å². The van der Waals surface area contributed by atoms with Gasteiger partial charge in [0.15, 0.2) is 5.65 Å². The second kappa shape index (κ2) is 9.41. The standard InChI is InChI=1S/C28H31N5O2/c1-19-8-7-9-22(16-19)17-23-20(2)30-27-24(18-29-33(27)21(23)3)28(34)32-14-12-31(13-15-32)25-10-5-6-11-26(25)35-4/h5-11,16,18H,12-15,17H2,1-4H3. The van der Waals surface area contributed by atoms with E-state index in [0.29, 0.717) is 24.3 Å². The lowest BCUT2D eigenvalue weighted by Gasteiger charge is -2.36. The number of hydrogen-bond acceptors (Lipinski definition) is 5. The predicted octanol–water partition coefficient (Wildman–Crippen LogP) is 4.22. The Hall–Kier alpha value is -3.87. The number of anilines is 1. The van der Waals surface area contributed by atoms with Crippen LogP contribution in [0.3, 0.4) is 0 Å². The lowest BCUT2D eigenvalue weighted by Crippen LogP contribution is -2.48. The molecule has 7 heteroatoms. The molecule has 1 fully saturated rings. The lowest BCUT2D eigenvalue weighted by molar-refractivity contribution is 0.0748. The zero-order chi connectivity index (χ0) is 24.5. The average molecular weight is 470 g/mol. The number of rotatable bonds is 5. The second-order valence-corrected chi connectivity index (χ2v) is 9.17. The number of aromatic nitrogens is 3. The van der Waals surface area contributed by atoms with Gasteiger partial charge in [0.05, 0.1) is 19.0 Å². The Kier molecular flexibility index (Phi) is 6.16. The molecule has 0 spiro atoms. The predicted molar refractivity (Wildman–Crippen MR) is 138 cm³/mol. The van der Waals surface area contributed by atoms with Crippen LogP contribution in [0.1, 0.15) is 38.4 Å². The van der Waals surface area contributed by atoms with Gasteiger partial charge in [-0.05, 0) is 44.0 Å². The van der Waals surface area contributed by atoms with Crippen molar-refractivity contribution in [3.8, 4) is 5.75 Å². The van der Waals surface area contributed by atoms with Gasteiger partial charge in [0, 0.05) is 44.0 Å². The van der Waals surface area contributed by atoms with Crippen molar-refractivity contribution in [1.82, 2.24) is 19.5 Å². The van der Waals surface area contributed by atoms with Crippen molar-refractivity contribution < 1.29 is 9.53 Å². The zero-order valence-corrected chi connectivity index (χ0v) is 20.8. The van der Waals surface area contributed by atoms with E-state index < -0.39 is 0 Å². The molecule has 0 N–H and O–H groups in total. The van der Waals surface area contributed by atoms with Gasteiger partial charge in [0.25, 0.3) is 5.91 Å². The topological polar surface area (TPSA) is 63.0 Å². The van der Waals surface area contributed by atoms with E-state index in [1.807, 2.05) is 34.5 Å². The Morgan fingerprint density at radius 3 is 2.51 bits per heavy atom. The number of carbonyl (C=O) groups is 1. The van der Waals surface area contributed by atoms with Gasteiger partial charge >= 0.3 is 0 Å². The molecule has 4 aromatic rings. The van der Waals surface area contributed by atoms with Gasteiger partial charge in [0.1, 0.15) is 11.3 Å². The molecule has 0 atom stereocenters. The minimum Gasteiger partial charge on any atom is -0.495 e. The number of para-hydroxylation sites is 2. The number of methoxy groups -OCH3 is 1. The quantitative estimate of drug-likeness (QED) is 0.438. The summed E-state index contributed by atoms with van der Waals surface area (Å²) < 4.78 is 7.33. The highest BCUT2D eigenvalue weighted by Gasteiger charge is 2.27. The average Bonchev–Trinajstić information content (AvgIpc) is 3.30. The third kappa shape index (κ3) is 4.34. The second-order valence-electron chi connectivity index (χ2n) is 9.17. The fraction of sp³-hybridized carbons (Fsp3) is 0.321. The van der Waals surface area contributed by atoms with Crippen LogP contribution in [0.15, 0.2) is 54.7 Å². The highest BCUT2D eigenvalue weighted by atomic mass is 16.5. The first-order valence-corrected chi connectivity index (χ1v) is 12.0. The van der Waals surface area contributed by atoms with Crippen LogP contribution in [0.5, 0.6) is 5.75 Å². The third-order valence-electron chi connectivity index (χ3n) is 6.90. The van der Waals surface area contributed by atoms with Crippen molar-refractivity contribution in [1.29, 1.82) is 0 Å². The molecular weight excluding hydrogens is 438 g/mol. The third-order valence-corrected chi connectivity index (χ3v) is 6.90. The first-order chi connectivity index (χ1) is 17.0. The molecule has 1 amide bonds. The van der Waals surface area contributed by atoms with E-state index in [0.717, 1.165) is 47.9 Å². The molecule has 35 heavy (non-hydrogen) atoms. The zero-order valence-electron chi connectivity index (χ0n) is 20.8. The van der Waals surface area contributed by atoms with E-state index in [2.05, 4.69) is 54.2 Å². The summed E-state index contributed by atoms with van der Waals surface area (Å²) in [7, 11) is 1.69. The van der Waals surface area contributed by atoms with Gasteiger partial charge in [-0.2, -0.15) is 5.10 Å². The highest BCUT2D eigenvalue weighted by molar-refractivity contribution is 5.99. The normalized spacial score (nSPS) is 13.9. The van der Waals surface area contributed by atoms with Crippen molar-refractivity contribution >= 4 is 17.2 Å². The van der Waals surface area contributed by atoms with Crippen molar-refractivity contribution in [3.63, 3.8) is 0 Å². The Morgan fingerprint density at radius 2 is 1.77 bits per heavy atom. The maximum absolute atomic E-state index is 13.5. The van der Waals surface area contributed by atoms with E-state index in [4.69, 9.17) is 9.72 Å². The van der Waals surface area contributed by atoms with Crippen LogP contribution < -0.4 is 9.64 Å². The number of hydrogen-bond donors (Lipinski definition) is 0. The minimum atomic E-state index is -0.0163. The Morgan fingerprint density at radius 1 is 1.00 bits per heavy atom. The Labute approximate surface area is 206 Å². The molecule has 0 unspecified atom stereocenters. The van der Waals surface area contributed by atoms with E-state index in [9.17, 15) is 4.79 Å². The number of ether oxygens (including phenoxy) is 1. The molecule has 3 heterocycles. The van der Waals surface area contributed by atoms with E-state index in [1.165, 1.54) is 11.1 Å². The molecule has 180 valence electrons. The smallest absolute Gasteiger partial charge is 0.259 e. The Balaban J connectivity index is 1.36. The molecular formula is C28H31N5O2. The van der Waals surface area contributed by atoms with Crippen LogP contribution in [0.4, 0.5) is 5.69 Å². The number of carbonyl (C=O) groups excluding carboxylic acids is 1. The van der Waals surface area contributed by atoms with Crippen LogP contribution in [0.2, 0.25) is 0 Å². The first kappa shape index (κ1) is 22.9. The van der Waals surface area contributed by atoms with Gasteiger partial charge in [-0.3, -0.25) is 4.79 Å². The summed E-state index contributed by atoms with van der Waals surface area (Å²) in [5.41, 5.74) is 7.84. The fourth-order valence-corrected chi connectivity index (χ4v) is 4.96. The number of amides is 1. The van der Waals surface area contributed by atoms with Gasteiger partial charge in [-0.1, -0.05) is 42.0 Å². The molecule has 0 saturated carbocycles. The van der Waals surface area contributed by atoms with Crippen LogP contribution in [-0.4, -0.2) is 58.7 Å². The summed E-state index contributed by atoms with van der Waals surface area (Å²) in [5, 5.41) is 4.56. The maximum Gasteiger partial charge on any atom is 0.259 e. The molecule has 2 aromatic carbocycles. The summed E-state index contributed by atoms with van der Waals surface area (Å²) in [6.45, 7) is 8.95. The van der Waals surface area contributed by atoms with Crippen LogP contribution in [0, 0.1) is 20.8 Å². The lowest BCUT2D eigenvalue weighted by atomic mass is 10.0. The van der Waals surface area contributed by atoms with Gasteiger partial charge in [0.2, 0.25) is 0 Å². The molecule has 2 aromatic heterocycles. The molecule has 0 aliphatic carbocycles. The summed E-state index contributed by atoms with van der Waals surface area (Å²) in [6.07, 6.45) is 2.45. The summed E-state index contributed by atoms with van der Waals surface area (Å²) in [5.74, 6) is 0.837. The molecule has 0 bridgehead atoms. The largest absolute Gasteiger partial charge is 0.495 e. The van der Waals surface area contributed by atoms with E-state index in [-0.39, 0.29) is 5.91 Å². The molecule has 1 aliphatic heterocycles. The molecule has 1 aliphatic rings. The van der Waals surface area contributed by atoms with Crippen LogP contribution in [-0.2, 0) is 6.42 Å². The van der Waals surface area contributed by atoms with Gasteiger partial charge in [-0.25, -0.2) is 9.50 Å². The summed E-state index contributed by atoms with van der Waals surface area (Å²) in [4.78, 5) is 22.5. The van der Waals surface area contributed by atoms with E-state index >= 15 is 0 Å². The molecule has 5 rings (SSSR count). The number of piperazine rings is 1. The highest BCUT2D eigenvalue weighted by Crippen LogP contribution is 2.29. The minimum absolute atomic E-state index is 0.0163. The van der Waals surface area contributed by atoms with E-state index in [1.54, 1.807) is 13.3 Å². The van der Waals surface area contributed by atoms with Crippen LogP contribution in [0.25, 0.3) is 5.65 Å². The van der Waals surface area contributed by atoms with Crippen molar-refractivity contribution in [3.05, 3.63) is 88.4 Å². The summed E-state index contributed by atoms with van der Waals surface area (Å²) in [6, 6.07) is 16.5. The first-order valence-electron chi connectivity index (χ1n) is 12.0. The van der Waals surface area contributed by atoms with Crippen molar-refractivity contribution in [2.75, 3.05) is 38.2 Å². The SMILES string of the molecule is COc1ccccc1N1CCN(C(=O)c2cnn3c(C)c(Cc4cccc(C)c4)c(C)nc23)CC1. The van der Waals surface area contributed by atoms with Gasteiger partial charge < -0.3 is 14.5 Å². The molecule has 1 saturated heterocycles. The van der Waals surface area contributed by atoms with Crippen molar-refractivity contribution in [2.45, 2.75) is 27.2 Å².